The van der Waals surface area contributed by atoms with E-state index in [-0.39, 0.29) is 18.1 Å². The van der Waals surface area contributed by atoms with Crippen LogP contribution in [-0.4, -0.2) is 135 Å². The van der Waals surface area contributed by atoms with E-state index in [0.29, 0.717) is 62.7 Å². The average molecular weight is 632 g/mol. The highest BCUT2D eigenvalue weighted by molar-refractivity contribution is 6.07. The number of likely N-dealkylation sites (tertiary alicyclic amines) is 1. The van der Waals surface area contributed by atoms with Crippen molar-refractivity contribution in [1.29, 1.82) is 5.26 Å². The number of nitrogens with one attached hydrogen (secondary N) is 1. The van der Waals surface area contributed by atoms with Crippen LogP contribution in [0, 0.1) is 11.3 Å². The number of nitrogens with two attached hydrogens (primary N) is 1. The van der Waals surface area contributed by atoms with Gasteiger partial charge in [0.25, 0.3) is 11.8 Å². The first kappa shape index (κ1) is 33.9. The minimum absolute atomic E-state index is 0.0332. The molecule has 15 heteroatoms. The highest BCUT2D eigenvalue weighted by Crippen LogP contribution is 2.31. The molecule has 3 amide bonds. The summed E-state index contributed by atoms with van der Waals surface area (Å²) in [5, 5.41) is 12.1. The van der Waals surface area contributed by atoms with Gasteiger partial charge in [-0.2, -0.15) is 5.26 Å². The van der Waals surface area contributed by atoms with Crippen LogP contribution in [0.15, 0.2) is 30.5 Å². The Morgan fingerprint density at radius 1 is 1.07 bits per heavy atom. The number of hydrogen-bond acceptors (Lipinski definition) is 10. The van der Waals surface area contributed by atoms with Crippen molar-refractivity contribution in [1.82, 2.24) is 25.0 Å². The number of carbonyl (C=O) groups is 3. The fraction of sp³-hybridized carbons (Fsp3) is 0.567. The van der Waals surface area contributed by atoms with E-state index in [1.165, 1.54) is 12.3 Å². The molecule has 3 heterocycles. The van der Waals surface area contributed by atoms with Crippen LogP contribution in [0.2, 0.25) is 0 Å². The Kier molecular flexibility index (Phi) is 12.3. The molecule has 4 rings (SSSR count). The lowest BCUT2D eigenvalue weighted by Crippen LogP contribution is -2.50. The molecule has 2 aliphatic heterocycles. The van der Waals surface area contributed by atoms with Crippen LogP contribution in [0.4, 0.5) is 8.78 Å². The highest BCUT2D eigenvalue weighted by Gasteiger charge is 2.47. The Bertz CT molecular complexity index is 1370. The van der Waals surface area contributed by atoms with Gasteiger partial charge in [0.2, 0.25) is 11.8 Å². The zero-order valence-corrected chi connectivity index (χ0v) is 25.1. The van der Waals surface area contributed by atoms with Gasteiger partial charge in [-0.1, -0.05) is 0 Å². The monoisotopic (exact) mass is 631 g/mol. The van der Waals surface area contributed by atoms with Gasteiger partial charge in [0.1, 0.15) is 18.4 Å². The summed E-state index contributed by atoms with van der Waals surface area (Å²) in [6.45, 7) is 4.34. The molecule has 2 aromatic rings. The fourth-order valence-corrected chi connectivity index (χ4v) is 5.21. The van der Waals surface area contributed by atoms with Gasteiger partial charge in [-0.05, 0) is 30.7 Å². The van der Waals surface area contributed by atoms with Crippen molar-refractivity contribution in [3.8, 4) is 11.8 Å². The first-order valence-corrected chi connectivity index (χ1v) is 14.9. The van der Waals surface area contributed by atoms with Crippen molar-refractivity contribution in [2.45, 2.75) is 24.8 Å². The molecule has 45 heavy (non-hydrogen) atoms. The maximum atomic E-state index is 13.7. The van der Waals surface area contributed by atoms with Crippen LogP contribution in [0.3, 0.4) is 0 Å². The summed E-state index contributed by atoms with van der Waals surface area (Å²) in [5.41, 5.74) is 6.15. The third-order valence-electron chi connectivity index (χ3n) is 7.57. The van der Waals surface area contributed by atoms with Crippen molar-refractivity contribution < 1.29 is 37.4 Å². The van der Waals surface area contributed by atoms with Crippen molar-refractivity contribution >= 4 is 28.6 Å². The minimum Gasteiger partial charge on any atom is -0.494 e. The van der Waals surface area contributed by atoms with Gasteiger partial charge in [0.15, 0.2) is 0 Å². The van der Waals surface area contributed by atoms with E-state index >= 15 is 0 Å². The molecular weight excluding hydrogens is 592 g/mol. The molecule has 2 saturated heterocycles. The van der Waals surface area contributed by atoms with E-state index in [4.69, 9.17) is 25.2 Å². The van der Waals surface area contributed by atoms with Crippen LogP contribution in [0.1, 0.15) is 23.2 Å². The highest BCUT2D eigenvalue weighted by atomic mass is 19.3. The number of pyridine rings is 1. The lowest BCUT2D eigenvalue weighted by atomic mass is 10.1. The second kappa shape index (κ2) is 16.4. The molecule has 2 aliphatic rings. The topological polar surface area (TPSA) is 163 Å². The number of benzene rings is 1. The average Bonchev–Trinajstić information content (AvgIpc) is 3.37. The summed E-state index contributed by atoms with van der Waals surface area (Å²) in [6.07, 6.45) is 1.49. The summed E-state index contributed by atoms with van der Waals surface area (Å²) in [4.78, 5) is 47.0. The van der Waals surface area contributed by atoms with Crippen LogP contribution in [-0.2, 0) is 19.1 Å². The maximum absolute atomic E-state index is 13.7. The summed E-state index contributed by atoms with van der Waals surface area (Å²) in [5.74, 6) is -3.96. The number of amides is 3. The molecule has 244 valence electrons. The van der Waals surface area contributed by atoms with E-state index in [0.717, 1.165) is 31.0 Å². The third kappa shape index (κ3) is 9.76. The molecular formula is C30H39F2N7O6. The first-order valence-electron chi connectivity index (χ1n) is 14.9. The number of hydrogen-bond donors (Lipinski definition) is 2. The van der Waals surface area contributed by atoms with Gasteiger partial charge in [-0.25, -0.2) is 8.78 Å². The first-order chi connectivity index (χ1) is 21.7. The number of fused-ring (bicyclic) bond motifs is 1. The molecule has 0 spiro atoms. The normalized spacial score (nSPS) is 18.1. The largest absolute Gasteiger partial charge is 0.494 e. The van der Waals surface area contributed by atoms with Crippen molar-refractivity contribution in [2.24, 2.45) is 5.73 Å². The van der Waals surface area contributed by atoms with E-state index < -0.39 is 43.3 Å². The molecule has 0 radical (unpaired) electrons. The van der Waals surface area contributed by atoms with Crippen LogP contribution in [0.5, 0.6) is 5.75 Å². The number of nitriles is 1. The molecule has 0 aliphatic carbocycles. The number of nitrogens with zero attached hydrogens (tertiary/aromatic N) is 5. The van der Waals surface area contributed by atoms with Gasteiger partial charge >= 0.3 is 0 Å². The van der Waals surface area contributed by atoms with Crippen LogP contribution < -0.4 is 15.8 Å². The number of rotatable bonds is 15. The Hall–Kier alpha value is -3.97. The van der Waals surface area contributed by atoms with E-state index in [1.54, 1.807) is 29.2 Å². The predicted molar refractivity (Wildman–Crippen MR) is 159 cm³/mol. The van der Waals surface area contributed by atoms with Crippen molar-refractivity contribution in [3.05, 3.63) is 36.0 Å². The Morgan fingerprint density at radius 3 is 2.60 bits per heavy atom. The standard InChI is InChI=1S/C30H39F2N7O6/c31-30(32)17-22(18-34)39(21-30)27(40)19-36-29(42)24-4-6-35-26-3-2-23(16-25(24)26)45-12-1-7-37-8-10-38(11-9-37)28(41)20-44-15-14-43-13-5-33/h2-4,6,16,22H,1,5,7-15,17,19-21,33H2,(H,36,42)/t22-/m0/s1. The molecule has 3 N–H and O–H groups in total. The van der Waals surface area contributed by atoms with E-state index in [2.05, 4.69) is 15.2 Å². The molecule has 1 aromatic heterocycles. The molecule has 13 nitrogen and oxygen atoms in total. The lowest BCUT2D eigenvalue weighted by Gasteiger charge is -2.34. The second-order valence-electron chi connectivity index (χ2n) is 10.8. The Morgan fingerprint density at radius 2 is 1.84 bits per heavy atom. The minimum atomic E-state index is -3.14. The smallest absolute Gasteiger partial charge is 0.268 e. The van der Waals surface area contributed by atoms with Crippen molar-refractivity contribution in [3.63, 3.8) is 0 Å². The zero-order valence-electron chi connectivity index (χ0n) is 25.1. The summed E-state index contributed by atoms with van der Waals surface area (Å²) in [6, 6.07) is 7.17. The van der Waals surface area contributed by atoms with E-state index in [9.17, 15) is 23.2 Å². The molecule has 0 unspecified atom stereocenters. The summed E-state index contributed by atoms with van der Waals surface area (Å²) in [7, 11) is 0. The summed E-state index contributed by atoms with van der Waals surface area (Å²) >= 11 is 0. The molecule has 2 fully saturated rings. The number of aromatic nitrogens is 1. The van der Waals surface area contributed by atoms with Gasteiger partial charge in [-0.15, -0.1) is 0 Å². The maximum Gasteiger partial charge on any atom is 0.268 e. The number of carbonyl (C=O) groups excluding carboxylic acids is 3. The lowest BCUT2D eigenvalue weighted by molar-refractivity contribution is -0.138. The Balaban J connectivity index is 1.20. The third-order valence-corrected chi connectivity index (χ3v) is 7.57. The second-order valence-corrected chi connectivity index (χ2v) is 10.8. The fourth-order valence-electron chi connectivity index (χ4n) is 5.21. The number of alkyl halides is 2. The van der Waals surface area contributed by atoms with Gasteiger partial charge < -0.3 is 35.1 Å². The quantitative estimate of drug-likeness (QED) is 0.267. The number of piperazine rings is 1. The number of ether oxygens (including phenoxy) is 3. The van der Waals surface area contributed by atoms with Crippen LogP contribution in [0.25, 0.3) is 10.9 Å². The van der Waals surface area contributed by atoms with Gasteiger partial charge in [-0.3, -0.25) is 24.3 Å². The Labute approximate surface area is 260 Å². The van der Waals surface area contributed by atoms with Crippen molar-refractivity contribution in [2.75, 3.05) is 85.4 Å². The van der Waals surface area contributed by atoms with E-state index in [1.807, 2.05) is 0 Å². The molecule has 0 saturated carbocycles. The zero-order chi connectivity index (χ0) is 32.2. The summed E-state index contributed by atoms with van der Waals surface area (Å²) < 4.78 is 44.0. The number of halogens is 2. The SMILES string of the molecule is N#C[C@@H]1CC(F)(F)CN1C(=O)CNC(=O)c1ccnc2ccc(OCCCN3CCN(C(=O)COCCOCCN)CC3)cc12. The van der Waals surface area contributed by atoms with Crippen LogP contribution >= 0.6 is 0 Å². The molecule has 1 aromatic carbocycles. The predicted octanol–water partition coefficient (Wildman–Crippen LogP) is 0.629. The van der Waals surface area contributed by atoms with Gasteiger partial charge in [0, 0.05) is 57.3 Å². The molecule has 0 bridgehead atoms. The van der Waals surface area contributed by atoms with Gasteiger partial charge in [0.05, 0.1) is 56.7 Å². The molecule has 1 atom stereocenters.